The Hall–Kier alpha value is -1.63. The minimum absolute atomic E-state index is 0.407. The molecule has 0 aliphatic carbocycles. The first-order valence-electron chi connectivity index (χ1n) is 11.2. The Morgan fingerprint density at radius 1 is 1.21 bits per heavy atom. The van der Waals surface area contributed by atoms with E-state index in [1.165, 1.54) is 24.1 Å². The van der Waals surface area contributed by atoms with Crippen molar-refractivity contribution in [2.75, 3.05) is 53.0 Å². The molecule has 29 heavy (non-hydrogen) atoms. The fourth-order valence-electron chi connectivity index (χ4n) is 3.70. The van der Waals surface area contributed by atoms with E-state index in [0.29, 0.717) is 6.04 Å². The number of ether oxygens (including phenoxy) is 1. The lowest BCUT2D eigenvalue weighted by molar-refractivity contribution is 0.0342. The first-order chi connectivity index (χ1) is 14.1. The third kappa shape index (κ3) is 9.15. The Morgan fingerprint density at radius 2 is 1.93 bits per heavy atom. The zero-order valence-electron chi connectivity index (χ0n) is 18.9. The molecule has 164 valence electrons. The largest absolute Gasteiger partial charge is 0.379 e. The summed E-state index contributed by atoms with van der Waals surface area (Å²) in [6.07, 6.45) is 2.35. The summed E-state index contributed by atoms with van der Waals surface area (Å²) in [4.78, 5) is 9.33. The quantitative estimate of drug-likeness (QED) is 0.439. The number of nitrogens with one attached hydrogen (secondary N) is 2. The van der Waals surface area contributed by atoms with E-state index >= 15 is 0 Å². The highest BCUT2D eigenvalue weighted by Crippen LogP contribution is 2.10. The number of benzene rings is 1. The topological polar surface area (TPSA) is 52.1 Å². The molecule has 1 unspecified atom stereocenters. The van der Waals surface area contributed by atoms with Crippen molar-refractivity contribution in [1.82, 2.24) is 20.4 Å². The van der Waals surface area contributed by atoms with E-state index in [0.717, 1.165) is 64.9 Å². The van der Waals surface area contributed by atoms with Crippen LogP contribution in [0, 0.1) is 0 Å². The van der Waals surface area contributed by atoms with Crippen LogP contribution < -0.4 is 10.6 Å². The molecule has 0 amide bonds. The maximum Gasteiger partial charge on any atom is 0.191 e. The molecule has 0 spiro atoms. The van der Waals surface area contributed by atoms with E-state index in [1.807, 2.05) is 7.05 Å². The highest BCUT2D eigenvalue weighted by Gasteiger charge is 2.11. The van der Waals surface area contributed by atoms with Crippen LogP contribution in [0.5, 0.6) is 0 Å². The molecule has 0 radical (unpaired) electrons. The highest BCUT2D eigenvalue weighted by atomic mass is 16.5. The molecular weight excluding hydrogens is 362 g/mol. The zero-order valence-corrected chi connectivity index (χ0v) is 18.9. The normalized spacial score (nSPS) is 16.8. The van der Waals surface area contributed by atoms with Crippen LogP contribution in [-0.2, 0) is 17.8 Å². The second-order valence-corrected chi connectivity index (χ2v) is 7.85. The second-order valence-electron chi connectivity index (χ2n) is 7.85. The average Bonchev–Trinajstić information content (AvgIpc) is 2.75. The smallest absolute Gasteiger partial charge is 0.191 e. The van der Waals surface area contributed by atoms with Crippen LogP contribution in [0.25, 0.3) is 0 Å². The Kier molecular flexibility index (Phi) is 11.1. The lowest BCUT2D eigenvalue weighted by atomic mass is 10.1. The van der Waals surface area contributed by atoms with Gasteiger partial charge in [-0.25, -0.2) is 0 Å². The number of nitrogens with zero attached hydrogens (tertiary/aromatic N) is 3. The van der Waals surface area contributed by atoms with Crippen molar-refractivity contribution >= 4 is 5.96 Å². The lowest BCUT2D eigenvalue weighted by Gasteiger charge is -2.26. The van der Waals surface area contributed by atoms with Crippen LogP contribution in [0.3, 0.4) is 0 Å². The van der Waals surface area contributed by atoms with Gasteiger partial charge in [0.15, 0.2) is 5.96 Å². The summed E-state index contributed by atoms with van der Waals surface area (Å²) in [5.74, 6) is 0.874. The third-order valence-corrected chi connectivity index (χ3v) is 5.57. The molecular formula is C23H41N5O. The van der Waals surface area contributed by atoms with Gasteiger partial charge in [0.2, 0.25) is 0 Å². The SMILES string of the molecule is CCN(CC)CCCC(C)NC(=NC)NCc1cccc(CN2CCOCC2)c1. The summed E-state index contributed by atoms with van der Waals surface area (Å²) >= 11 is 0. The molecule has 0 bridgehead atoms. The van der Waals surface area contributed by atoms with E-state index in [2.05, 4.69) is 70.5 Å². The number of rotatable bonds is 11. The number of hydrogen-bond donors (Lipinski definition) is 2. The summed E-state index contributed by atoms with van der Waals surface area (Å²) in [7, 11) is 1.84. The summed E-state index contributed by atoms with van der Waals surface area (Å²) < 4.78 is 5.44. The molecule has 0 saturated carbocycles. The molecule has 2 rings (SSSR count). The third-order valence-electron chi connectivity index (χ3n) is 5.57. The summed E-state index contributed by atoms with van der Waals surface area (Å²) in [5, 5.41) is 6.99. The van der Waals surface area contributed by atoms with Crippen molar-refractivity contribution in [3.05, 3.63) is 35.4 Å². The van der Waals surface area contributed by atoms with Crippen LogP contribution in [0.15, 0.2) is 29.3 Å². The van der Waals surface area contributed by atoms with Gasteiger partial charge in [0.05, 0.1) is 13.2 Å². The molecule has 1 heterocycles. The molecule has 1 aromatic rings. The van der Waals surface area contributed by atoms with Crippen molar-refractivity contribution in [2.45, 2.75) is 52.7 Å². The number of hydrogen-bond acceptors (Lipinski definition) is 4. The van der Waals surface area contributed by atoms with Crippen LogP contribution in [0.4, 0.5) is 0 Å². The average molecular weight is 404 g/mol. The zero-order chi connectivity index (χ0) is 20.9. The first-order valence-corrected chi connectivity index (χ1v) is 11.2. The molecule has 1 saturated heterocycles. The maximum atomic E-state index is 5.44. The van der Waals surface area contributed by atoms with Gasteiger partial charge in [-0.05, 0) is 50.5 Å². The van der Waals surface area contributed by atoms with Crippen LogP contribution >= 0.6 is 0 Å². The van der Waals surface area contributed by atoms with Gasteiger partial charge < -0.3 is 20.3 Å². The van der Waals surface area contributed by atoms with Gasteiger partial charge >= 0.3 is 0 Å². The fourth-order valence-corrected chi connectivity index (χ4v) is 3.70. The van der Waals surface area contributed by atoms with Crippen molar-refractivity contribution in [3.8, 4) is 0 Å². The Bertz CT molecular complexity index is 597. The molecule has 0 aromatic heterocycles. The minimum Gasteiger partial charge on any atom is -0.379 e. The van der Waals surface area contributed by atoms with E-state index < -0.39 is 0 Å². The lowest BCUT2D eigenvalue weighted by Crippen LogP contribution is -2.42. The molecule has 2 N–H and O–H groups in total. The fraction of sp³-hybridized carbons (Fsp3) is 0.696. The number of aliphatic imine (C=N–C) groups is 1. The van der Waals surface area contributed by atoms with Crippen LogP contribution in [0.1, 0.15) is 44.7 Å². The molecule has 1 fully saturated rings. The molecule has 6 heteroatoms. The van der Waals surface area contributed by atoms with Crippen LogP contribution in [-0.4, -0.2) is 74.8 Å². The van der Waals surface area contributed by atoms with Gasteiger partial charge in [-0.3, -0.25) is 9.89 Å². The maximum absolute atomic E-state index is 5.44. The van der Waals surface area contributed by atoms with Gasteiger partial charge in [-0.2, -0.15) is 0 Å². The van der Waals surface area contributed by atoms with E-state index in [1.54, 1.807) is 0 Å². The highest BCUT2D eigenvalue weighted by molar-refractivity contribution is 5.79. The molecule has 1 aliphatic rings. The number of morpholine rings is 1. The van der Waals surface area contributed by atoms with E-state index in [4.69, 9.17) is 4.74 Å². The van der Waals surface area contributed by atoms with Crippen molar-refractivity contribution in [3.63, 3.8) is 0 Å². The number of guanidine groups is 1. The van der Waals surface area contributed by atoms with Crippen LogP contribution in [0.2, 0.25) is 0 Å². The van der Waals surface area contributed by atoms with E-state index in [9.17, 15) is 0 Å². The Morgan fingerprint density at radius 3 is 2.62 bits per heavy atom. The van der Waals surface area contributed by atoms with Crippen molar-refractivity contribution in [2.24, 2.45) is 4.99 Å². The van der Waals surface area contributed by atoms with Crippen molar-refractivity contribution in [1.29, 1.82) is 0 Å². The summed E-state index contributed by atoms with van der Waals surface area (Å²) in [6.45, 7) is 15.6. The van der Waals surface area contributed by atoms with Gasteiger partial charge in [-0.1, -0.05) is 38.1 Å². The minimum atomic E-state index is 0.407. The van der Waals surface area contributed by atoms with Gasteiger partial charge in [0, 0.05) is 39.3 Å². The standard InChI is InChI=1S/C23H41N5O/c1-5-27(6-2)12-8-9-20(3)26-23(24-4)25-18-21-10-7-11-22(17-21)19-28-13-15-29-16-14-28/h7,10-11,17,20H,5-6,8-9,12-16,18-19H2,1-4H3,(H2,24,25,26). The van der Waals surface area contributed by atoms with Gasteiger partial charge in [0.1, 0.15) is 0 Å². The first kappa shape index (κ1) is 23.6. The monoisotopic (exact) mass is 403 g/mol. The molecule has 6 nitrogen and oxygen atoms in total. The predicted octanol–water partition coefficient (Wildman–Crippen LogP) is 2.69. The summed E-state index contributed by atoms with van der Waals surface area (Å²) in [5.41, 5.74) is 2.65. The predicted molar refractivity (Wildman–Crippen MR) is 122 cm³/mol. The van der Waals surface area contributed by atoms with Gasteiger partial charge in [-0.15, -0.1) is 0 Å². The molecule has 1 aromatic carbocycles. The van der Waals surface area contributed by atoms with Crippen molar-refractivity contribution < 1.29 is 4.74 Å². The Labute approximate surface area is 177 Å². The van der Waals surface area contributed by atoms with Gasteiger partial charge in [0.25, 0.3) is 0 Å². The summed E-state index contributed by atoms with van der Waals surface area (Å²) in [6, 6.07) is 9.24. The van der Waals surface area contributed by atoms with E-state index in [-0.39, 0.29) is 0 Å². The Balaban J connectivity index is 1.74. The molecule has 1 atom stereocenters. The molecule has 1 aliphatic heterocycles. The second kappa shape index (κ2) is 13.6.